The number of carbonyl (C=O) groups excluding carboxylic acids is 1. The van der Waals surface area contributed by atoms with Gasteiger partial charge in [-0.05, 0) is 48.2 Å². The molecule has 1 fully saturated rings. The molecule has 172 valence electrons. The number of nitrogens with zero attached hydrogens (tertiary/aromatic N) is 3. The van der Waals surface area contributed by atoms with Crippen molar-refractivity contribution in [1.29, 1.82) is 0 Å². The Hall–Kier alpha value is -3.20. The average molecular weight is 468 g/mol. The fraction of sp³-hybridized carbons (Fsp3) is 0.375. The minimum atomic E-state index is 0.0437. The summed E-state index contributed by atoms with van der Waals surface area (Å²) in [5.41, 5.74) is 2.13. The monoisotopic (exact) mass is 467 g/mol. The second-order valence-corrected chi connectivity index (χ2v) is 8.85. The first-order valence-electron chi connectivity index (χ1n) is 11.0. The van der Waals surface area contributed by atoms with Crippen molar-refractivity contribution >= 4 is 17.7 Å². The third-order valence-corrected chi connectivity index (χ3v) is 6.61. The molecule has 2 aliphatic rings. The van der Waals surface area contributed by atoms with Crippen LogP contribution in [0, 0.1) is 0 Å². The third-order valence-electron chi connectivity index (χ3n) is 5.81. The van der Waals surface area contributed by atoms with Gasteiger partial charge in [-0.2, -0.15) is 0 Å². The molecule has 3 aromatic rings. The van der Waals surface area contributed by atoms with Crippen molar-refractivity contribution in [3.8, 4) is 17.2 Å². The molecule has 1 atom stereocenters. The SMILES string of the molecule is COc1ccc(Cc2nnc(SCC(=O)N3CCCC3c3ccc4c(c3)OCCO4)o2)cc1. The van der Waals surface area contributed by atoms with Gasteiger partial charge in [-0.3, -0.25) is 4.79 Å². The van der Waals surface area contributed by atoms with Gasteiger partial charge in [0.1, 0.15) is 19.0 Å². The number of benzene rings is 2. The van der Waals surface area contributed by atoms with Gasteiger partial charge in [0, 0.05) is 6.54 Å². The van der Waals surface area contributed by atoms with Crippen LogP contribution in [0.15, 0.2) is 52.1 Å². The molecule has 0 radical (unpaired) electrons. The average Bonchev–Trinajstić information content (AvgIpc) is 3.53. The van der Waals surface area contributed by atoms with Crippen molar-refractivity contribution < 1.29 is 23.4 Å². The summed E-state index contributed by atoms with van der Waals surface area (Å²) in [4.78, 5) is 14.9. The minimum absolute atomic E-state index is 0.0437. The number of likely N-dealkylation sites (tertiary alicyclic amines) is 1. The highest BCUT2D eigenvalue weighted by Gasteiger charge is 2.31. The molecule has 1 amide bonds. The third kappa shape index (κ3) is 4.93. The lowest BCUT2D eigenvalue weighted by Gasteiger charge is -2.26. The molecule has 8 nitrogen and oxygen atoms in total. The number of hydrogen-bond donors (Lipinski definition) is 0. The van der Waals surface area contributed by atoms with Gasteiger partial charge in [0.05, 0.1) is 25.3 Å². The van der Waals surface area contributed by atoms with Gasteiger partial charge in [-0.25, -0.2) is 0 Å². The van der Waals surface area contributed by atoms with E-state index in [-0.39, 0.29) is 17.7 Å². The highest BCUT2D eigenvalue weighted by atomic mass is 32.2. The van der Waals surface area contributed by atoms with Gasteiger partial charge in [0.15, 0.2) is 11.5 Å². The Balaban J connectivity index is 1.18. The predicted octanol–water partition coefficient (Wildman–Crippen LogP) is 3.90. The fourth-order valence-corrected chi connectivity index (χ4v) is 4.84. The summed E-state index contributed by atoms with van der Waals surface area (Å²) in [5.74, 6) is 3.15. The molecule has 0 saturated carbocycles. The predicted molar refractivity (Wildman–Crippen MR) is 122 cm³/mol. The molecule has 2 aliphatic heterocycles. The molecular weight excluding hydrogens is 442 g/mol. The Kier molecular flexibility index (Phi) is 6.39. The molecule has 0 spiro atoms. The van der Waals surface area contributed by atoms with Crippen LogP contribution in [-0.4, -0.2) is 53.6 Å². The van der Waals surface area contributed by atoms with Crippen molar-refractivity contribution in [1.82, 2.24) is 15.1 Å². The Morgan fingerprint density at radius 3 is 2.76 bits per heavy atom. The van der Waals surface area contributed by atoms with Crippen LogP contribution in [0.5, 0.6) is 17.2 Å². The zero-order valence-corrected chi connectivity index (χ0v) is 19.2. The lowest BCUT2D eigenvalue weighted by molar-refractivity contribution is -0.129. The Labute approximate surface area is 196 Å². The summed E-state index contributed by atoms with van der Waals surface area (Å²) in [5, 5.41) is 8.61. The molecular formula is C24H25N3O5S. The molecule has 1 aromatic heterocycles. The number of amides is 1. The van der Waals surface area contributed by atoms with E-state index in [0.717, 1.165) is 47.8 Å². The number of fused-ring (bicyclic) bond motifs is 1. The molecule has 0 N–H and O–H groups in total. The fourth-order valence-electron chi connectivity index (χ4n) is 4.17. The van der Waals surface area contributed by atoms with Gasteiger partial charge < -0.3 is 23.5 Å². The molecule has 9 heteroatoms. The number of aromatic nitrogens is 2. The van der Waals surface area contributed by atoms with Crippen LogP contribution in [0.4, 0.5) is 0 Å². The quantitative estimate of drug-likeness (QED) is 0.484. The molecule has 33 heavy (non-hydrogen) atoms. The zero-order valence-electron chi connectivity index (χ0n) is 18.4. The van der Waals surface area contributed by atoms with E-state index < -0.39 is 0 Å². The summed E-state index contributed by atoms with van der Waals surface area (Å²) in [6, 6.07) is 13.7. The highest BCUT2D eigenvalue weighted by Crippen LogP contribution is 2.38. The summed E-state index contributed by atoms with van der Waals surface area (Å²) in [6.07, 6.45) is 2.44. The topological polar surface area (TPSA) is 86.9 Å². The second kappa shape index (κ2) is 9.74. The Bertz CT molecular complexity index is 1120. The van der Waals surface area contributed by atoms with Crippen LogP contribution >= 0.6 is 11.8 Å². The van der Waals surface area contributed by atoms with Gasteiger partial charge in [-0.1, -0.05) is 30.0 Å². The number of thioether (sulfide) groups is 1. The van der Waals surface area contributed by atoms with E-state index in [9.17, 15) is 4.79 Å². The van der Waals surface area contributed by atoms with E-state index in [2.05, 4.69) is 10.2 Å². The maximum atomic E-state index is 13.0. The van der Waals surface area contributed by atoms with Gasteiger partial charge in [-0.15, -0.1) is 10.2 Å². The van der Waals surface area contributed by atoms with Crippen LogP contribution in [0.3, 0.4) is 0 Å². The van der Waals surface area contributed by atoms with Crippen molar-refractivity contribution in [2.75, 3.05) is 32.6 Å². The van der Waals surface area contributed by atoms with Crippen molar-refractivity contribution in [2.45, 2.75) is 30.5 Å². The standard InChI is InChI=1S/C24H25N3O5S/c1-29-18-7-4-16(5-8-18)13-22-25-26-24(32-22)33-15-23(28)27-10-2-3-19(27)17-6-9-20-21(14-17)31-12-11-30-20/h4-9,14,19H,2-3,10-13,15H2,1H3. The molecule has 0 bridgehead atoms. The zero-order chi connectivity index (χ0) is 22.6. The summed E-state index contributed by atoms with van der Waals surface area (Å²) >= 11 is 1.28. The first-order valence-corrected chi connectivity index (χ1v) is 12.0. The van der Waals surface area contributed by atoms with Crippen molar-refractivity contribution in [3.63, 3.8) is 0 Å². The molecule has 0 aliphatic carbocycles. The van der Waals surface area contributed by atoms with Crippen LogP contribution in [0.1, 0.15) is 35.9 Å². The minimum Gasteiger partial charge on any atom is -0.497 e. The first kappa shape index (κ1) is 21.6. The van der Waals surface area contributed by atoms with E-state index in [1.165, 1.54) is 11.8 Å². The number of hydrogen-bond acceptors (Lipinski definition) is 8. The molecule has 5 rings (SSSR count). The number of ether oxygens (including phenoxy) is 3. The van der Waals surface area contributed by atoms with Crippen LogP contribution in [0.2, 0.25) is 0 Å². The smallest absolute Gasteiger partial charge is 0.277 e. The van der Waals surface area contributed by atoms with Crippen LogP contribution < -0.4 is 14.2 Å². The highest BCUT2D eigenvalue weighted by molar-refractivity contribution is 7.99. The van der Waals surface area contributed by atoms with E-state index in [1.54, 1.807) is 7.11 Å². The number of rotatable bonds is 7. The lowest BCUT2D eigenvalue weighted by atomic mass is 10.0. The largest absolute Gasteiger partial charge is 0.497 e. The summed E-state index contributed by atoms with van der Waals surface area (Å²) in [6.45, 7) is 1.85. The maximum Gasteiger partial charge on any atom is 0.277 e. The normalized spacial score (nSPS) is 17.2. The Morgan fingerprint density at radius 2 is 1.94 bits per heavy atom. The van der Waals surface area contributed by atoms with Crippen molar-refractivity contribution in [2.24, 2.45) is 0 Å². The second-order valence-electron chi connectivity index (χ2n) is 7.92. The Morgan fingerprint density at radius 1 is 1.12 bits per heavy atom. The van der Waals surface area contributed by atoms with Crippen LogP contribution in [0.25, 0.3) is 0 Å². The molecule has 2 aromatic carbocycles. The summed E-state index contributed by atoms with van der Waals surface area (Å²) < 4.78 is 22.2. The molecule has 1 unspecified atom stereocenters. The number of carbonyl (C=O) groups is 1. The lowest BCUT2D eigenvalue weighted by Crippen LogP contribution is -2.32. The van der Waals surface area contributed by atoms with E-state index in [0.29, 0.717) is 30.7 Å². The van der Waals surface area contributed by atoms with E-state index in [4.69, 9.17) is 18.6 Å². The number of methoxy groups -OCH3 is 1. The van der Waals surface area contributed by atoms with Gasteiger partial charge in [0.2, 0.25) is 11.8 Å². The first-order chi connectivity index (χ1) is 16.2. The molecule has 1 saturated heterocycles. The van der Waals surface area contributed by atoms with Gasteiger partial charge >= 0.3 is 0 Å². The van der Waals surface area contributed by atoms with E-state index in [1.807, 2.05) is 47.4 Å². The maximum absolute atomic E-state index is 13.0. The van der Waals surface area contributed by atoms with Crippen molar-refractivity contribution in [3.05, 3.63) is 59.5 Å². The van der Waals surface area contributed by atoms with Crippen LogP contribution in [-0.2, 0) is 11.2 Å². The van der Waals surface area contributed by atoms with E-state index >= 15 is 0 Å². The summed E-state index contributed by atoms with van der Waals surface area (Å²) in [7, 11) is 1.64. The molecule has 3 heterocycles. The van der Waals surface area contributed by atoms with Gasteiger partial charge in [0.25, 0.3) is 5.22 Å².